The minimum absolute atomic E-state index is 0.198. The summed E-state index contributed by atoms with van der Waals surface area (Å²) in [7, 11) is 0. The normalized spacial score (nSPS) is 12.1. The minimum Gasteiger partial charge on any atom is -0.338 e. The molecule has 0 aliphatic carbocycles. The van der Waals surface area contributed by atoms with E-state index in [-0.39, 0.29) is 11.9 Å². The van der Waals surface area contributed by atoms with E-state index in [1.54, 1.807) is 0 Å². The second-order valence-corrected chi connectivity index (χ2v) is 4.70. The molecule has 1 atom stereocenters. The van der Waals surface area contributed by atoms with Gasteiger partial charge < -0.3 is 16.4 Å². The number of nitrogens with two attached hydrogens (primary N) is 1. The van der Waals surface area contributed by atoms with Crippen LogP contribution >= 0.6 is 0 Å². The molecule has 0 saturated carbocycles. The van der Waals surface area contributed by atoms with Crippen LogP contribution in [-0.2, 0) is 0 Å². The van der Waals surface area contributed by atoms with Crippen LogP contribution in [0.3, 0.4) is 0 Å². The zero-order valence-corrected chi connectivity index (χ0v) is 11.0. The number of benzene rings is 2. The average Bonchev–Trinajstić information content (AvgIpc) is 2.45. The molecule has 4 nitrogen and oxygen atoms in total. The Kier molecular flexibility index (Phi) is 4.36. The maximum absolute atomic E-state index is 11.8. The Labute approximate surface area is 113 Å². The fourth-order valence-corrected chi connectivity index (χ4v) is 1.85. The molecule has 2 aromatic carbocycles. The number of fused-ring (bicyclic) bond motifs is 1. The summed E-state index contributed by atoms with van der Waals surface area (Å²) in [5.74, 6) is 0.276. The molecular formula is C15H19N3O. The summed E-state index contributed by atoms with van der Waals surface area (Å²) in [5, 5.41) is 7.83. The molecule has 0 aromatic heterocycles. The Hall–Kier alpha value is -2.07. The Morgan fingerprint density at radius 1 is 1.21 bits per heavy atom. The summed E-state index contributed by atoms with van der Waals surface area (Å²) in [5.41, 5.74) is 6.33. The highest BCUT2D eigenvalue weighted by atomic mass is 16.2. The van der Waals surface area contributed by atoms with Gasteiger partial charge in [0, 0.05) is 11.9 Å². The quantitative estimate of drug-likeness (QED) is 0.788. The van der Waals surface area contributed by atoms with Crippen molar-refractivity contribution in [3.63, 3.8) is 0 Å². The Bertz CT molecular complexity index is 563. The van der Waals surface area contributed by atoms with Crippen LogP contribution in [0.4, 0.5) is 10.5 Å². The van der Waals surface area contributed by atoms with Gasteiger partial charge in [-0.1, -0.05) is 43.3 Å². The Morgan fingerprint density at radius 3 is 2.74 bits per heavy atom. The zero-order chi connectivity index (χ0) is 13.7. The van der Waals surface area contributed by atoms with E-state index in [2.05, 4.69) is 10.6 Å². The Morgan fingerprint density at radius 2 is 1.95 bits per heavy atom. The lowest BCUT2D eigenvalue weighted by Gasteiger charge is -2.12. The molecule has 1 unspecified atom stereocenters. The number of anilines is 1. The highest BCUT2D eigenvalue weighted by molar-refractivity contribution is 6.01. The monoisotopic (exact) mass is 257 g/mol. The second kappa shape index (κ2) is 6.20. The molecule has 2 aromatic rings. The molecule has 0 saturated heterocycles. The molecular weight excluding hydrogens is 238 g/mol. The van der Waals surface area contributed by atoms with E-state index in [1.165, 1.54) is 0 Å². The third-order valence-electron chi connectivity index (χ3n) is 3.05. The van der Waals surface area contributed by atoms with Crippen molar-refractivity contribution in [2.75, 3.05) is 18.4 Å². The molecule has 0 fully saturated rings. The molecule has 2 rings (SSSR count). The van der Waals surface area contributed by atoms with Gasteiger partial charge in [0.1, 0.15) is 0 Å². The highest BCUT2D eigenvalue weighted by Gasteiger charge is 2.06. The van der Waals surface area contributed by atoms with E-state index >= 15 is 0 Å². The first-order chi connectivity index (χ1) is 9.20. The molecule has 4 heteroatoms. The first-order valence-corrected chi connectivity index (χ1v) is 6.43. The summed E-state index contributed by atoms with van der Waals surface area (Å²) in [4.78, 5) is 11.8. The summed E-state index contributed by atoms with van der Waals surface area (Å²) >= 11 is 0. The average molecular weight is 257 g/mol. The number of hydrogen-bond acceptors (Lipinski definition) is 2. The van der Waals surface area contributed by atoms with Gasteiger partial charge in [0.2, 0.25) is 0 Å². The number of carbonyl (C=O) groups excluding carboxylic acids is 1. The van der Waals surface area contributed by atoms with E-state index in [1.807, 2.05) is 49.4 Å². The van der Waals surface area contributed by atoms with Crippen molar-refractivity contribution in [1.29, 1.82) is 0 Å². The highest BCUT2D eigenvalue weighted by Crippen LogP contribution is 2.22. The fourth-order valence-electron chi connectivity index (χ4n) is 1.85. The number of urea groups is 1. The van der Waals surface area contributed by atoms with Gasteiger partial charge in [0.25, 0.3) is 0 Å². The van der Waals surface area contributed by atoms with Gasteiger partial charge in [-0.3, -0.25) is 0 Å². The van der Waals surface area contributed by atoms with Crippen LogP contribution < -0.4 is 16.4 Å². The standard InChI is InChI=1S/C15H19N3O/c1-11(9-16)10-17-15(19)18-14-8-4-6-12-5-2-3-7-13(12)14/h2-8,11H,9-10,16H2,1H3,(H2,17,18,19). The van der Waals surface area contributed by atoms with Crippen molar-refractivity contribution in [2.24, 2.45) is 11.7 Å². The number of nitrogens with one attached hydrogen (secondary N) is 2. The molecule has 0 spiro atoms. The second-order valence-electron chi connectivity index (χ2n) is 4.70. The molecule has 0 aliphatic heterocycles. The lowest BCUT2D eigenvalue weighted by molar-refractivity contribution is 0.250. The van der Waals surface area contributed by atoms with Crippen molar-refractivity contribution in [1.82, 2.24) is 5.32 Å². The van der Waals surface area contributed by atoms with Crippen molar-refractivity contribution in [3.05, 3.63) is 42.5 Å². The number of hydrogen-bond donors (Lipinski definition) is 3. The SMILES string of the molecule is CC(CN)CNC(=O)Nc1cccc2ccccc12. The third-order valence-corrected chi connectivity index (χ3v) is 3.05. The molecule has 0 heterocycles. The largest absolute Gasteiger partial charge is 0.338 e. The molecule has 4 N–H and O–H groups in total. The molecule has 100 valence electrons. The van der Waals surface area contributed by atoms with Gasteiger partial charge in [-0.2, -0.15) is 0 Å². The molecule has 2 amide bonds. The summed E-state index contributed by atoms with van der Waals surface area (Å²) in [6, 6.07) is 13.6. The molecule has 0 aliphatic rings. The van der Waals surface area contributed by atoms with Crippen LogP contribution in [0.25, 0.3) is 10.8 Å². The van der Waals surface area contributed by atoms with Crippen LogP contribution in [0.5, 0.6) is 0 Å². The van der Waals surface area contributed by atoms with Crippen molar-refractivity contribution in [3.8, 4) is 0 Å². The molecule has 0 bridgehead atoms. The number of carbonyl (C=O) groups is 1. The Balaban J connectivity index is 2.07. The van der Waals surface area contributed by atoms with Crippen molar-refractivity contribution < 1.29 is 4.79 Å². The van der Waals surface area contributed by atoms with Gasteiger partial charge in [-0.15, -0.1) is 0 Å². The van der Waals surface area contributed by atoms with Gasteiger partial charge in [0.05, 0.1) is 5.69 Å². The third kappa shape index (κ3) is 3.45. The molecule has 19 heavy (non-hydrogen) atoms. The van der Waals surface area contributed by atoms with E-state index in [0.717, 1.165) is 16.5 Å². The van der Waals surface area contributed by atoms with Crippen LogP contribution in [0.2, 0.25) is 0 Å². The number of rotatable bonds is 4. The smallest absolute Gasteiger partial charge is 0.319 e. The van der Waals surface area contributed by atoms with E-state index in [0.29, 0.717) is 13.1 Å². The van der Waals surface area contributed by atoms with Crippen molar-refractivity contribution in [2.45, 2.75) is 6.92 Å². The van der Waals surface area contributed by atoms with Crippen LogP contribution in [0.15, 0.2) is 42.5 Å². The first kappa shape index (κ1) is 13.4. The van der Waals surface area contributed by atoms with Crippen molar-refractivity contribution >= 4 is 22.5 Å². The van der Waals surface area contributed by atoms with Crippen LogP contribution in [0, 0.1) is 5.92 Å². The summed E-state index contributed by atoms with van der Waals surface area (Å²) in [6.07, 6.45) is 0. The van der Waals surface area contributed by atoms with E-state index in [4.69, 9.17) is 5.73 Å². The zero-order valence-electron chi connectivity index (χ0n) is 11.0. The topological polar surface area (TPSA) is 67.1 Å². The van der Waals surface area contributed by atoms with Gasteiger partial charge >= 0.3 is 6.03 Å². The van der Waals surface area contributed by atoms with E-state index < -0.39 is 0 Å². The van der Waals surface area contributed by atoms with Crippen LogP contribution in [0.1, 0.15) is 6.92 Å². The summed E-state index contributed by atoms with van der Waals surface area (Å²) in [6.45, 7) is 3.14. The predicted molar refractivity (Wildman–Crippen MR) is 79.2 cm³/mol. The molecule has 0 radical (unpaired) electrons. The predicted octanol–water partition coefficient (Wildman–Crippen LogP) is 2.56. The van der Waals surface area contributed by atoms with E-state index in [9.17, 15) is 4.79 Å². The maximum atomic E-state index is 11.8. The fraction of sp³-hybridized carbons (Fsp3) is 0.267. The van der Waals surface area contributed by atoms with Crippen LogP contribution in [-0.4, -0.2) is 19.1 Å². The maximum Gasteiger partial charge on any atom is 0.319 e. The lowest BCUT2D eigenvalue weighted by atomic mass is 10.1. The lowest BCUT2D eigenvalue weighted by Crippen LogP contribution is -2.34. The first-order valence-electron chi connectivity index (χ1n) is 6.43. The summed E-state index contributed by atoms with van der Waals surface area (Å²) < 4.78 is 0. The number of amides is 2. The van der Waals surface area contributed by atoms with Gasteiger partial charge in [0.15, 0.2) is 0 Å². The minimum atomic E-state index is -0.198. The van der Waals surface area contributed by atoms with Gasteiger partial charge in [-0.25, -0.2) is 4.79 Å². The van der Waals surface area contributed by atoms with Gasteiger partial charge in [-0.05, 0) is 23.9 Å².